The number of benzene rings is 2. The van der Waals surface area contributed by atoms with E-state index in [-0.39, 0.29) is 18.0 Å². The lowest BCUT2D eigenvalue weighted by molar-refractivity contribution is -0.116. The molecule has 40 heavy (non-hydrogen) atoms. The van der Waals surface area contributed by atoms with Gasteiger partial charge in [-0.25, -0.2) is 0 Å². The third kappa shape index (κ3) is 5.45. The van der Waals surface area contributed by atoms with Crippen LogP contribution in [0.25, 0.3) is 5.69 Å². The van der Waals surface area contributed by atoms with Crippen LogP contribution in [0.5, 0.6) is 5.75 Å². The fourth-order valence-corrected chi connectivity index (χ4v) is 5.86. The number of hydrogen-bond acceptors (Lipinski definition) is 4. The monoisotopic (exact) mass is 553 g/mol. The number of pyridine rings is 1. The summed E-state index contributed by atoms with van der Waals surface area (Å²) in [5, 5.41) is 7.21. The number of aryl methyl sites for hydroxylation is 3. The van der Waals surface area contributed by atoms with Crippen LogP contribution in [0.2, 0.25) is 0 Å². The lowest BCUT2D eigenvalue weighted by Crippen LogP contribution is -2.33. The zero-order valence-corrected chi connectivity index (χ0v) is 24.4. The molecule has 0 aliphatic carbocycles. The van der Waals surface area contributed by atoms with Gasteiger partial charge in [0.2, 0.25) is 5.91 Å². The van der Waals surface area contributed by atoms with Crippen molar-refractivity contribution in [2.45, 2.75) is 46.2 Å². The summed E-state index contributed by atoms with van der Waals surface area (Å²) >= 11 is 5.86. The Hall–Kier alpha value is -4.17. The summed E-state index contributed by atoms with van der Waals surface area (Å²) in [6.45, 7) is 8.73. The Morgan fingerprint density at radius 3 is 2.62 bits per heavy atom. The summed E-state index contributed by atoms with van der Waals surface area (Å²) in [5.74, 6) is 0.761. The van der Waals surface area contributed by atoms with E-state index in [0.717, 1.165) is 50.9 Å². The van der Waals surface area contributed by atoms with Gasteiger partial charge in [-0.2, -0.15) is 0 Å². The number of anilines is 1. The van der Waals surface area contributed by atoms with E-state index < -0.39 is 0 Å². The standard InChI is InChI=1S/C32H35N5O2S/c1-20-12-13-21(2)28(17-20)34-29(38)14-16-36-31(30(35-32(36)40)27-11-6-7-15-33-27)26-18-22(3)37(23(26)4)24-9-8-10-25(19-24)39-5/h6-13,15,17-19,30-31H,14,16H2,1-5H3,(H,34,38)(H,35,40)/t30-,31-/m1/s1. The largest absolute Gasteiger partial charge is 0.497 e. The summed E-state index contributed by atoms with van der Waals surface area (Å²) in [6.07, 6.45) is 2.10. The van der Waals surface area contributed by atoms with E-state index in [9.17, 15) is 4.79 Å². The molecule has 1 fully saturated rings. The van der Waals surface area contributed by atoms with Gasteiger partial charge in [0.1, 0.15) is 5.75 Å². The normalized spacial score (nSPS) is 16.6. The third-order valence-corrected chi connectivity index (χ3v) is 7.90. The van der Waals surface area contributed by atoms with Crippen LogP contribution in [0.4, 0.5) is 5.69 Å². The van der Waals surface area contributed by atoms with Crippen LogP contribution in [0.1, 0.15) is 52.3 Å². The molecule has 7 nitrogen and oxygen atoms in total. The molecule has 0 bridgehead atoms. The van der Waals surface area contributed by atoms with Gasteiger partial charge in [0.05, 0.1) is 24.9 Å². The average molecular weight is 554 g/mol. The molecule has 0 unspecified atom stereocenters. The number of aromatic nitrogens is 2. The average Bonchev–Trinajstić information content (AvgIpc) is 3.44. The first-order valence-electron chi connectivity index (χ1n) is 13.4. The van der Waals surface area contributed by atoms with E-state index in [1.54, 1.807) is 13.3 Å². The smallest absolute Gasteiger partial charge is 0.226 e. The topological polar surface area (TPSA) is 71.4 Å². The van der Waals surface area contributed by atoms with Crippen molar-refractivity contribution < 1.29 is 9.53 Å². The predicted octanol–water partition coefficient (Wildman–Crippen LogP) is 6.12. The Morgan fingerprint density at radius 1 is 1.05 bits per heavy atom. The molecule has 0 spiro atoms. The molecule has 2 aromatic carbocycles. The molecule has 0 saturated carbocycles. The minimum absolute atomic E-state index is 0.0432. The summed E-state index contributed by atoms with van der Waals surface area (Å²) < 4.78 is 7.72. The SMILES string of the molecule is COc1cccc(-n2c(C)cc([C@@H]3[C@@H](c4ccccn4)NC(=S)N3CCC(=O)Nc3cc(C)ccc3C)c2C)c1. The molecular weight excluding hydrogens is 518 g/mol. The number of amides is 1. The molecule has 3 heterocycles. The number of ether oxygens (including phenoxy) is 1. The molecule has 206 valence electrons. The van der Waals surface area contributed by atoms with Crippen LogP contribution in [0.15, 0.2) is 72.9 Å². The number of methoxy groups -OCH3 is 1. The molecule has 1 saturated heterocycles. The number of carbonyl (C=O) groups is 1. The maximum absolute atomic E-state index is 13.1. The zero-order chi connectivity index (χ0) is 28.4. The van der Waals surface area contributed by atoms with Gasteiger partial charge in [0, 0.05) is 48.0 Å². The second kappa shape index (κ2) is 11.5. The van der Waals surface area contributed by atoms with Crippen molar-refractivity contribution in [1.82, 2.24) is 19.8 Å². The lowest BCUT2D eigenvalue weighted by Gasteiger charge is -2.28. The van der Waals surface area contributed by atoms with Crippen molar-refractivity contribution >= 4 is 28.9 Å². The fourth-order valence-electron chi connectivity index (χ4n) is 5.52. The van der Waals surface area contributed by atoms with E-state index in [2.05, 4.69) is 51.1 Å². The zero-order valence-electron chi connectivity index (χ0n) is 23.6. The highest BCUT2D eigenvalue weighted by Crippen LogP contribution is 2.41. The fraction of sp³-hybridized carbons (Fsp3) is 0.281. The first-order valence-corrected chi connectivity index (χ1v) is 13.9. The van der Waals surface area contributed by atoms with Gasteiger partial charge >= 0.3 is 0 Å². The van der Waals surface area contributed by atoms with Crippen molar-refractivity contribution in [3.05, 3.63) is 107 Å². The summed E-state index contributed by atoms with van der Waals surface area (Å²) in [5.41, 5.74) is 8.27. The first kappa shape index (κ1) is 27.4. The Morgan fingerprint density at radius 2 is 1.88 bits per heavy atom. The minimum Gasteiger partial charge on any atom is -0.497 e. The Bertz CT molecular complexity index is 1550. The number of nitrogens with zero attached hydrogens (tertiary/aromatic N) is 3. The summed E-state index contributed by atoms with van der Waals surface area (Å²) in [4.78, 5) is 19.9. The van der Waals surface area contributed by atoms with Crippen molar-refractivity contribution in [1.29, 1.82) is 0 Å². The number of nitrogens with one attached hydrogen (secondary N) is 2. The van der Waals surface area contributed by atoms with Crippen LogP contribution in [0.3, 0.4) is 0 Å². The second-order valence-electron chi connectivity index (χ2n) is 10.3. The van der Waals surface area contributed by atoms with Gasteiger partial charge in [0.25, 0.3) is 0 Å². The molecule has 4 aromatic rings. The van der Waals surface area contributed by atoms with Gasteiger partial charge < -0.3 is 24.8 Å². The summed E-state index contributed by atoms with van der Waals surface area (Å²) in [7, 11) is 1.68. The molecule has 1 aliphatic heterocycles. The second-order valence-corrected chi connectivity index (χ2v) is 10.7. The van der Waals surface area contributed by atoms with Crippen LogP contribution < -0.4 is 15.4 Å². The predicted molar refractivity (Wildman–Crippen MR) is 163 cm³/mol. The van der Waals surface area contributed by atoms with Gasteiger partial charge in [-0.3, -0.25) is 9.78 Å². The molecule has 2 aromatic heterocycles. The Kier molecular flexibility index (Phi) is 7.89. The maximum Gasteiger partial charge on any atom is 0.226 e. The molecule has 2 atom stereocenters. The Labute approximate surface area is 241 Å². The highest BCUT2D eigenvalue weighted by molar-refractivity contribution is 7.80. The molecule has 2 N–H and O–H groups in total. The number of rotatable bonds is 8. The minimum atomic E-state index is -0.157. The number of carbonyl (C=O) groups excluding carboxylic acids is 1. The van der Waals surface area contributed by atoms with Gasteiger partial charge in [0.15, 0.2) is 5.11 Å². The maximum atomic E-state index is 13.1. The summed E-state index contributed by atoms with van der Waals surface area (Å²) in [6, 6.07) is 22.0. The van der Waals surface area contributed by atoms with Crippen LogP contribution in [-0.2, 0) is 4.79 Å². The highest BCUT2D eigenvalue weighted by atomic mass is 32.1. The molecule has 1 amide bonds. The van der Waals surface area contributed by atoms with Crippen molar-refractivity contribution in [3.8, 4) is 11.4 Å². The molecule has 5 rings (SSSR count). The van der Waals surface area contributed by atoms with Gasteiger partial charge in [-0.15, -0.1) is 0 Å². The number of hydrogen-bond donors (Lipinski definition) is 2. The molecule has 8 heteroatoms. The van der Waals surface area contributed by atoms with Gasteiger partial charge in [-0.1, -0.05) is 24.3 Å². The highest BCUT2D eigenvalue weighted by Gasteiger charge is 2.41. The molecule has 0 radical (unpaired) electrons. The van der Waals surface area contributed by atoms with Crippen LogP contribution >= 0.6 is 12.2 Å². The molecular formula is C32H35N5O2S. The van der Waals surface area contributed by atoms with E-state index in [0.29, 0.717) is 18.1 Å². The van der Waals surface area contributed by atoms with Gasteiger partial charge in [-0.05, 0) is 93.0 Å². The number of thiocarbonyl (C=S) groups is 1. The quantitative estimate of drug-likeness (QED) is 0.256. The van der Waals surface area contributed by atoms with Crippen LogP contribution in [-0.4, -0.2) is 39.1 Å². The Balaban J connectivity index is 1.47. The molecule has 1 aliphatic rings. The van der Waals surface area contributed by atoms with E-state index >= 15 is 0 Å². The third-order valence-electron chi connectivity index (χ3n) is 7.55. The van der Waals surface area contributed by atoms with E-state index in [1.807, 2.05) is 68.4 Å². The van der Waals surface area contributed by atoms with Crippen LogP contribution in [0, 0.1) is 27.7 Å². The van der Waals surface area contributed by atoms with Crippen molar-refractivity contribution in [3.63, 3.8) is 0 Å². The lowest BCUT2D eigenvalue weighted by atomic mass is 9.96. The first-order chi connectivity index (χ1) is 19.3. The van der Waals surface area contributed by atoms with Crippen molar-refractivity contribution in [2.24, 2.45) is 0 Å². The van der Waals surface area contributed by atoms with Crippen molar-refractivity contribution in [2.75, 3.05) is 19.0 Å². The van der Waals surface area contributed by atoms with E-state index in [4.69, 9.17) is 17.0 Å². The van der Waals surface area contributed by atoms with E-state index in [1.165, 1.54) is 0 Å².